The van der Waals surface area contributed by atoms with E-state index in [1.807, 2.05) is 13.0 Å². The second kappa shape index (κ2) is 11.4. The fourth-order valence-electron chi connectivity index (χ4n) is 7.47. The van der Waals surface area contributed by atoms with Gasteiger partial charge in [-0.25, -0.2) is 8.78 Å². The van der Waals surface area contributed by atoms with Gasteiger partial charge >= 0.3 is 0 Å². The molecule has 9 heteroatoms. The lowest BCUT2D eigenvalue weighted by molar-refractivity contribution is -0.128. The fraction of sp³-hybridized carbons (Fsp3) is 0.486. The van der Waals surface area contributed by atoms with Gasteiger partial charge in [-0.05, 0) is 67.4 Å². The zero-order valence-electron chi connectivity index (χ0n) is 25.5. The van der Waals surface area contributed by atoms with E-state index in [1.165, 1.54) is 12.1 Å². The summed E-state index contributed by atoms with van der Waals surface area (Å²) in [7, 11) is 0. The van der Waals surface area contributed by atoms with Crippen molar-refractivity contribution in [3.8, 4) is 11.3 Å². The number of allylic oxidation sites excluding steroid dienone is 2. The van der Waals surface area contributed by atoms with Crippen molar-refractivity contribution in [3.05, 3.63) is 77.3 Å². The Labute approximate surface area is 256 Å². The second-order valence-electron chi connectivity index (χ2n) is 14.0. The van der Waals surface area contributed by atoms with Crippen LogP contribution in [0.3, 0.4) is 0 Å². The number of hydrogen-bond acceptors (Lipinski definition) is 7. The topological polar surface area (TPSA) is 96.5 Å². The van der Waals surface area contributed by atoms with Gasteiger partial charge in [-0.2, -0.15) is 0 Å². The highest BCUT2D eigenvalue weighted by Crippen LogP contribution is 2.46. The summed E-state index contributed by atoms with van der Waals surface area (Å²) in [6.45, 7) is 7.25. The smallest absolute Gasteiger partial charge is 0.185 e. The third-order valence-electron chi connectivity index (χ3n) is 9.77. The Balaban J connectivity index is 1.18. The standard InChI is InChI=1S/C35H39F2N3O4/c1-33(2,27-8-9-29-25(27)5-4-14-38-29)17-24(41)18-35(20-40(21-35)23-10-12-34(3,43)13-11-23)19-31(42)30-16-32(44-39-30)26-7-6-22(36)15-28(26)37/h4-8,14-16,23,43H,9-13,17-21H2,1-3H3. The fourth-order valence-corrected chi connectivity index (χ4v) is 7.47. The number of halogens is 2. The van der Waals surface area contributed by atoms with Crippen molar-refractivity contribution in [1.29, 1.82) is 0 Å². The first-order valence-electron chi connectivity index (χ1n) is 15.4. The predicted octanol–water partition coefficient (Wildman–Crippen LogP) is 6.60. The molecule has 0 amide bonds. The summed E-state index contributed by atoms with van der Waals surface area (Å²) in [5.74, 6) is -1.65. The van der Waals surface area contributed by atoms with E-state index in [2.05, 4.69) is 41.0 Å². The maximum atomic E-state index is 14.3. The highest BCUT2D eigenvalue weighted by molar-refractivity contribution is 5.96. The molecule has 0 spiro atoms. The van der Waals surface area contributed by atoms with Gasteiger partial charge in [0.1, 0.15) is 23.1 Å². The van der Waals surface area contributed by atoms with Gasteiger partial charge in [0.25, 0.3) is 0 Å². The molecule has 6 rings (SSSR count). The van der Waals surface area contributed by atoms with Crippen LogP contribution in [0, 0.1) is 22.5 Å². The first-order chi connectivity index (χ1) is 20.8. The van der Waals surface area contributed by atoms with Crippen molar-refractivity contribution >= 4 is 17.1 Å². The van der Waals surface area contributed by atoms with Crippen LogP contribution >= 0.6 is 0 Å². The van der Waals surface area contributed by atoms with Crippen molar-refractivity contribution in [2.75, 3.05) is 13.1 Å². The molecule has 1 aromatic carbocycles. The molecule has 3 aliphatic rings. The summed E-state index contributed by atoms with van der Waals surface area (Å²) in [6.07, 6.45) is 8.60. The Hall–Kier alpha value is -3.56. The van der Waals surface area contributed by atoms with Crippen LogP contribution in [-0.2, 0) is 11.2 Å². The minimum Gasteiger partial charge on any atom is -0.390 e. The summed E-state index contributed by atoms with van der Waals surface area (Å²) in [6, 6.07) is 8.79. The average Bonchev–Trinajstić information content (AvgIpc) is 3.60. The molecule has 0 atom stereocenters. The number of likely N-dealkylation sites (tertiary alicyclic amines) is 1. The zero-order valence-corrected chi connectivity index (χ0v) is 25.5. The minimum absolute atomic E-state index is 0.0195. The largest absolute Gasteiger partial charge is 0.390 e. The molecule has 0 radical (unpaired) electrons. The number of pyridine rings is 1. The van der Waals surface area contributed by atoms with E-state index < -0.39 is 28.1 Å². The number of fused-ring (bicyclic) bond motifs is 1. The maximum absolute atomic E-state index is 14.3. The van der Waals surface area contributed by atoms with Crippen molar-refractivity contribution in [2.24, 2.45) is 10.8 Å². The highest BCUT2D eigenvalue weighted by Gasteiger charge is 2.49. The third kappa shape index (κ3) is 6.17. The molecule has 1 saturated carbocycles. The Morgan fingerprint density at radius 2 is 1.84 bits per heavy atom. The summed E-state index contributed by atoms with van der Waals surface area (Å²) >= 11 is 0. The van der Waals surface area contributed by atoms with E-state index in [4.69, 9.17) is 4.52 Å². The molecule has 2 fully saturated rings. The van der Waals surface area contributed by atoms with Gasteiger partial charge in [-0.15, -0.1) is 0 Å². The molecule has 2 aliphatic carbocycles. The van der Waals surface area contributed by atoms with Crippen molar-refractivity contribution in [1.82, 2.24) is 15.0 Å². The van der Waals surface area contributed by atoms with Gasteiger partial charge < -0.3 is 9.63 Å². The number of aromatic nitrogens is 2. The second-order valence-corrected chi connectivity index (χ2v) is 14.0. The van der Waals surface area contributed by atoms with Crippen molar-refractivity contribution in [2.45, 2.75) is 83.8 Å². The number of benzene rings is 1. The summed E-state index contributed by atoms with van der Waals surface area (Å²) in [5.41, 5.74) is 1.73. The van der Waals surface area contributed by atoms with Crippen LogP contribution in [0.5, 0.6) is 0 Å². The Morgan fingerprint density at radius 1 is 1.09 bits per heavy atom. The molecule has 1 N–H and O–H groups in total. The zero-order chi connectivity index (χ0) is 31.3. The first kappa shape index (κ1) is 30.5. The monoisotopic (exact) mass is 603 g/mol. The third-order valence-corrected chi connectivity index (χ3v) is 9.77. The van der Waals surface area contributed by atoms with E-state index in [0.717, 1.165) is 61.1 Å². The summed E-state index contributed by atoms with van der Waals surface area (Å²) in [4.78, 5) is 34.2. The van der Waals surface area contributed by atoms with Crippen LogP contribution in [0.15, 0.2) is 53.2 Å². The van der Waals surface area contributed by atoms with E-state index >= 15 is 0 Å². The molecule has 3 heterocycles. The highest BCUT2D eigenvalue weighted by atomic mass is 19.1. The number of nitrogens with zero attached hydrogens (tertiary/aromatic N) is 3. The number of rotatable bonds is 10. The predicted molar refractivity (Wildman–Crippen MR) is 162 cm³/mol. The number of Topliss-reactive ketones (excluding diaryl/α,β-unsaturated/α-hetero) is 2. The van der Waals surface area contributed by atoms with E-state index in [9.17, 15) is 23.5 Å². The van der Waals surface area contributed by atoms with Gasteiger partial charge in [-0.1, -0.05) is 31.1 Å². The van der Waals surface area contributed by atoms with E-state index in [1.54, 1.807) is 6.20 Å². The van der Waals surface area contributed by atoms with Crippen LogP contribution in [-0.4, -0.2) is 56.4 Å². The lowest BCUT2D eigenvalue weighted by atomic mass is 9.67. The number of carbonyl (C=O) groups excluding carboxylic acids is 2. The molecule has 232 valence electrons. The first-order valence-corrected chi connectivity index (χ1v) is 15.4. The minimum atomic E-state index is -0.804. The van der Waals surface area contributed by atoms with Crippen LogP contribution < -0.4 is 0 Å². The summed E-state index contributed by atoms with van der Waals surface area (Å²) in [5, 5.41) is 14.3. The van der Waals surface area contributed by atoms with E-state index in [-0.39, 0.29) is 41.4 Å². The molecule has 44 heavy (non-hydrogen) atoms. The van der Waals surface area contributed by atoms with Gasteiger partial charge in [-0.3, -0.25) is 19.5 Å². The Kier molecular flexibility index (Phi) is 7.91. The molecule has 1 aliphatic heterocycles. The lowest BCUT2D eigenvalue weighted by Gasteiger charge is -2.55. The molecule has 0 bridgehead atoms. The van der Waals surface area contributed by atoms with Crippen molar-refractivity contribution in [3.63, 3.8) is 0 Å². The number of aliphatic hydroxyl groups is 1. The molecule has 1 saturated heterocycles. The molecule has 0 unspecified atom stereocenters. The van der Waals surface area contributed by atoms with E-state index in [0.29, 0.717) is 25.6 Å². The van der Waals surface area contributed by atoms with Crippen LogP contribution in [0.1, 0.15) is 87.5 Å². The Bertz CT molecular complexity index is 1610. The Morgan fingerprint density at radius 3 is 2.57 bits per heavy atom. The SMILES string of the molecule is CC1(O)CCC(N2CC(CC(=O)CC(C)(C)C3=CCc4ncccc43)(CC(=O)c3cc(-c4ccc(F)cc4F)on3)C2)CC1. The number of hydrogen-bond donors (Lipinski definition) is 1. The maximum Gasteiger partial charge on any atom is 0.185 e. The number of carbonyl (C=O) groups is 2. The van der Waals surface area contributed by atoms with Gasteiger partial charge in [0.15, 0.2) is 11.5 Å². The van der Waals surface area contributed by atoms with Crippen molar-refractivity contribution < 1.29 is 28.0 Å². The summed E-state index contributed by atoms with van der Waals surface area (Å²) < 4.78 is 33.0. The van der Waals surface area contributed by atoms with Gasteiger partial charge in [0.2, 0.25) is 0 Å². The molecular formula is C35H39F2N3O4. The quantitative estimate of drug-likeness (QED) is 0.261. The van der Waals surface area contributed by atoms with Crippen LogP contribution in [0.4, 0.5) is 8.78 Å². The average molecular weight is 604 g/mol. The molecule has 2 aromatic heterocycles. The van der Waals surface area contributed by atoms with Crippen LogP contribution in [0.25, 0.3) is 16.9 Å². The molecular weight excluding hydrogens is 564 g/mol. The van der Waals surface area contributed by atoms with Gasteiger partial charge in [0.05, 0.1) is 16.9 Å². The lowest BCUT2D eigenvalue weighted by Crippen LogP contribution is -2.62. The number of ketones is 2. The normalized spacial score (nSPS) is 23.1. The molecule has 3 aromatic rings. The van der Waals surface area contributed by atoms with Crippen LogP contribution in [0.2, 0.25) is 0 Å². The van der Waals surface area contributed by atoms with Gasteiger partial charge in [0, 0.05) is 68.6 Å². The molecule has 7 nitrogen and oxygen atoms in total.